The summed E-state index contributed by atoms with van der Waals surface area (Å²) >= 11 is 0. The third-order valence-electron chi connectivity index (χ3n) is 4.57. The summed E-state index contributed by atoms with van der Waals surface area (Å²) in [5, 5.41) is 13.2. The average Bonchev–Trinajstić information content (AvgIpc) is 2.61. The summed E-state index contributed by atoms with van der Waals surface area (Å²) in [5.74, 6) is 0. The standard InChI is InChI=1S/C14H29NO/c1-5-14(6-2,11-16)10-15-12-7-8-13(3,4)9-12/h12,15-16H,5-11H2,1-4H3. The second kappa shape index (κ2) is 5.50. The molecule has 0 aromatic rings. The van der Waals surface area contributed by atoms with Crippen LogP contribution in [0.2, 0.25) is 0 Å². The van der Waals surface area contributed by atoms with Crippen LogP contribution in [0.3, 0.4) is 0 Å². The molecule has 0 bridgehead atoms. The van der Waals surface area contributed by atoms with Crippen LogP contribution in [0.15, 0.2) is 0 Å². The van der Waals surface area contributed by atoms with Gasteiger partial charge in [0.2, 0.25) is 0 Å². The molecule has 1 atom stereocenters. The second-order valence-corrected chi connectivity index (χ2v) is 6.35. The fraction of sp³-hybridized carbons (Fsp3) is 1.00. The minimum atomic E-state index is 0.104. The lowest BCUT2D eigenvalue weighted by Gasteiger charge is -2.31. The zero-order valence-corrected chi connectivity index (χ0v) is 11.5. The fourth-order valence-corrected chi connectivity index (χ4v) is 2.75. The van der Waals surface area contributed by atoms with E-state index >= 15 is 0 Å². The van der Waals surface area contributed by atoms with Crippen LogP contribution in [0.4, 0.5) is 0 Å². The number of aliphatic hydroxyl groups excluding tert-OH is 1. The van der Waals surface area contributed by atoms with Crippen molar-refractivity contribution in [1.82, 2.24) is 5.32 Å². The maximum atomic E-state index is 9.51. The molecule has 1 rings (SSSR count). The van der Waals surface area contributed by atoms with Crippen LogP contribution in [-0.2, 0) is 0 Å². The van der Waals surface area contributed by atoms with Gasteiger partial charge in [-0.2, -0.15) is 0 Å². The predicted molar refractivity (Wildman–Crippen MR) is 69.5 cm³/mol. The fourth-order valence-electron chi connectivity index (χ4n) is 2.75. The molecule has 0 aromatic heterocycles. The first-order chi connectivity index (χ1) is 7.47. The number of nitrogens with one attached hydrogen (secondary N) is 1. The Morgan fingerprint density at radius 1 is 1.31 bits per heavy atom. The van der Waals surface area contributed by atoms with Crippen LogP contribution in [0.5, 0.6) is 0 Å². The summed E-state index contributed by atoms with van der Waals surface area (Å²) in [6.07, 6.45) is 6.02. The first-order valence-corrected chi connectivity index (χ1v) is 6.81. The third kappa shape index (κ3) is 3.46. The monoisotopic (exact) mass is 227 g/mol. The van der Waals surface area contributed by atoms with E-state index in [9.17, 15) is 5.11 Å². The molecule has 16 heavy (non-hydrogen) atoms. The van der Waals surface area contributed by atoms with Gasteiger partial charge in [0.1, 0.15) is 0 Å². The minimum Gasteiger partial charge on any atom is -0.396 e. The first-order valence-electron chi connectivity index (χ1n) is 6.81. The number of hydrogen-bond acceptors (Lipinski definition) is 2. The lowest BCUT2D eigenvalue weighted by Crippen LogP contribution is -2.40. The van der Waals surface area contributed by atoms with Crippen molar-refractivity contribution in [3.05, 3.63) is 0 Å². The molecule has 2 N–H and O–H groups in total. The lowest BCUT2D eigenvalue weighted by molar-refractivity contribution is 0.109. The van der Waals surface area contributed by atoms with E-state index < -0.39 is 0 Å². The van der Waals surface area contributed by atoms with Gasteiger partial charge in [0, 0.05) is 24.6 Å². The molecule has 0 spiro atoms. The first kappa shape index (κ1) is 14.0. The van der Waals surface area contributed by atoms with Crippen LogP contribution in [-0.4, -0.2) is 24.3 Å². The number of aliphatic hydroxyl groups is 1. The van der Waals surface area contributed by atoms with Gasteiger partial charge in [-0.15, -0.1) is 0 Å². The van der Waals surface area contributed by atoms with Crippen LogP contribution >= 0.6 is 0 Å². The van der Waals surface area contributed by atoms with E-state index in [1.54, 1.807) is 0 Å². The highest BCUT2D eigenvalue weighted by Gasteiger charge is 2.32. The highest BCUT2D eigenvalue weighted by Crippen LogP contribution is 2.37. The van der Waals surface area contributed by atoms with E-state index in [-0.39, 0.29) is 5.41 Å². The molecule has 2 heteroatoms. The van der Waals surface area contributed by atoms with Crippen molar-refractivity contribution in [2.45, 2.75) is 65.8 Å². The van der Waals surface area contributed by atoms with Crippen molar-refractivity contribution in [3.63, 3.8) is 0 Å². The predicted octanol–water partition coefficient (Wildman–Crippen LogP) is 2.95. The highest BCUT2D eigenvalue weighted by molar-refractivity contribution is 4.88. The molecule has 0 amide bonds. The Balaban J connectivity index is 2.39. The normalized spacial score (nSPS) is 24.9. The SMILES string of the molecule is CCC(CC)(CO)CNC1CCC(C)(C)C1. The van der Waals surface area contributed by atoms with Crippen LogP contribution in [0.1, 0.15) is 59.8 Å². The Morgan fingerprint density at radius 2 is 1.94 bits per heavy atom. The summed E-state index contributed by atoms with van der Waals surface area (Å²) in [6.45, 7) is 10.3. The molecule has 0 aliphatic heterocycles. The van der Waals surface area contributed by atoms with Gasteiger partial charge >= 0.3 is 0 Å². The molecular formula is C14H29NO. The van der Waals surface area contributed by atoms with E-state index in [2.05, 4.69) is 33.0 Å². The Kier molecular flexibility index (Phi) is 4.81. The van der Waals surface area contributed by atoms with Crippen molar-refractivity contribution in [2.75, 3.05) is 13.2 Å². The van der Waals surface area contributed by atoms with Crippen LogP contribution in [0.25, 0.3) is 0 Å². The zero-order chi connectivity index (χ0) is 12.2. The molecule has 0 radical (unpaired) electrons. The maximum Gasteiger partial charge on any atom is 0.0499 e. The van der Waals surface area contributed by atoms with Gasteiger partial charge in [-0.3, -0.25) is 0 Å². The third-order valence-corrected chi connectivity index (χ3v) is 4.57. The quantitative estimate of drug-likeness (QED) is 0.731. The summed E-state index contributed by atoms with van der Waals surface area (Å²) in [4.78, 5) is 0. The van der Waals surface area contributed by atoms with E-state index in [4.69, 9.17) is 0 Å². The Hall–Kier alpha value is -0.0800. The summed E-state index contributed by atoms with van der Waals surface area (Å²) in [5.41, 5.74) is 0.616. The van der Waals surface area contributed by atoms with E-state index in [1.807, 2.05) is 0 Å². The number of rotatable bonds is 6. The van der Waals surface area contributed by atoms with Gasteiger partial charge in [0.15, 0.2) is 0 Å². The zero-order valence-electron chi connectivity index (χ0n) is 11.5. The smallest absolute Gasteiger partial charge is 0.0499 e. The van der Waals surface area contributed by atoms with Crippen molar-refractivity contribution in [3.8, 4) is 0 Å². The van der Waals surface area contributed by atoms with Crippen molar-refractivity contribution >= 4 is 0 Å². The van der Waals surface area contributed by atoms with E-state index in [0.29, 0.717) is 18.1 Å². The van der Waals surface area contributed by atoms with Crippen molar-refractivity contribution in [2.24, 2.45) is 10.8 Å². The second-order valence-electron chi connectivity index (χ2n) is 6.35. The molecule has 1 saturated carbocycles. The highest BCUT2D eigenvalue weighted by atomic mass is 16.3. The van der Waals surface area contributed by atoms with Gasteiger partial charge in [-0.25, -0.2) is 0 Å². The molecular weight excluding hydrogens is 198 g/mol. The molecule has 0 heterocycles. The Morgan fingerprint density at radius 3 is 2.31 bits per heavy atom. The average molecular weight is 227 g/mol. The molecule has 1 aliphatic rings. The van der Waals surface area contributed by atoms with Crippen LogP contribution in [0, 0.1) is 10.8 Å². The molecule has 2 nitrogen and oxygen atoms in total. The van der Waals surface area contributed by atoms with E-state index in [1.165, 1.54) is 19.3 Å². The van der Waals surface area contributed by atoms with Gasteiger partial charge in [0.25, 0.3) is 0 Å². The summed E-state index contributed by atoms with van der Waals surface area (Å²) < 4.78 is 0. The Labute approximate surface area is 101 Å². The minimum absolute atomic E-state index is 0.104. The molecule has 1 aliphatic carbocycles. The van der Waals surface area contributed by atoms with Gasteiger partial charge < -0.3 is 10.4 Å². The number of hydrogen-bond donors (Lipinski definition) is 2. The van der Waals surface area contributed by atoms with Gasteiger partial charge in [0.05, 0.1) is 0 Å². The van der Waals surface area contributed by atoms with E-state index in [0.717, 1.165) is 19.4 Å². The van der Waals surface area contributed by atoms with Gasteiger partial charge in [-0.05, 0) is 37.5 Å². The molecule has 0 aromatic carbocycles. The van der Waals surface area contributed by atoms with Crippen molar-refractivity contribution < 1.29 is 5.11 Å². The lowest BCUT2D eigenvalue weighted by atomic mass is 9.83. The molecule has 1 unspecified atom stereocenters. The summed E-state index contributed by atoms with van der Waals surface area (Å²) in [7, 11) is 0. The Bertz CT molecular complexity index is 201. The molecule has 0 saturated heterocycles. The maximum absolute atomic E-state index is 9.51. The van der Waals surface area contributed by atoms with Gasteiger partial charge in [-0.1, -0.05) is 27.7 Å². The van der Waals surface area contributed by atoms with Crippen molar-refractivity contribution in [1.29, 1.82) is 0 Å². The topological polar surface area (TPSA) is 32.3 Å². The molecule has 1 fully saturated rings. The van der Waals surface area contributed by atoms with Crippen LogP contribution < -0.4 is 5.32 Å². The summed E-state index contributed by atoms with van der Waals surface area (Å²) in [6, 6.07) is 0.666. The molecule has 96 valence electrons. The largest absolute Gasteiger partial charge is 0.396 e.